The van der Waals surface area contributed by atoms with E-state index in [4.69, 9.17) is 0 Å². The van der Waals surface area contributed by atoms with Gasteiger partial charge in [-0.25, -0.2) is 9.37 Å². The maximum atomic E-state index is 14.0. The Balaban J connectivity index is 1.25. The van der Waals surface area contributed by atoms with Gasteiger partial charge >= 0.3 is 0 Å². The molecule has 0 spiro atoms. The number of aryl methyl sites for hydroxylation is 2. The van der Waals surface area contributed by atoms with Crippen LogP contribution in [0.1, 0.15) is 38.5 Å². The quantitative estimate of drug-likeness (QED) is 0.436. The Hall–Kier alpha value is -3.98. The first kappa shape index (κ1) is 23.4. The third-order valence-corrected chi connectivity index (χ3v) is 8.08. The Labute approximate surface area is 217 Å². The van der Waals surface area contributed by atoms with Gasteiger partial charge in [0.1, 0.15) is 17.6 Å². The van der Waals surface area contributed by atoms with Crippen molar-refractivity contribution in [2.24, 2.45) is 0 Å². The first-order valence-electron chi connectivity index (χ1n) is 12.2. The van der Waals surface area contributed by atoms with E-state index in [2.05, 4.69) is 20.3 Å². The number of carbonyl (C=O) groups is 2. The molecule has 0 unspecified atom stereocenters. The minimum Gasteiger partial charge on any atom is -0.357 e. The number of carbonyl (C=O) groups excluding carboxylic acids is 2. The van der Waals surface area contributed by atoms with Gasteiger partial charge < -0.3 is 10.2 Å². The highest BCUT2D eigenvalue weighted by Crippen LogP contribution is 2.41. The lowest BCUT2D eigenvalue weighted by molar-refractivity contribution is -0.125. The van der Waals surface area contributed by atoms with Gasteiger partial charge in [0.05, 0.1) is 16.5 Å². The van der Waals surface area contributed by atoms with Gasteiger partial charge in [-0.3, -0.25) is 19.6 Å². The van der Waals surface area contributed by atoms with Crippen molar-refractivity contribution in [1.82, 2.24) is 25.2 Å². The van der Waals surface area contributed by atoms with E-state index in [0.717, 1.165) is 50.2 Å². The first-order chi connectivity index (χ1) is 18.0. The fourth-order valence-electron chi connectivity index (χ4n) is 5.33. The molecule has 1 atom stereocenters. The molecule has 7 nitrogen and oxygen atoms in total. The van der Waals surface area contributed by atoms with Crippen LogP contribution in [0.5, 0.6) is 0 Å². The second-order valence-electron chi connectivity index (χ2n) is 9.33. The fraction of sp³-hybridized carbons (Fsp3) is 0.250. The topological polar surface area (TPSA) is 88.1 Å². The predicted octanol–water partition coefficient (Wildman–Crippen LogP) is 3.98. The molecule has 2 aliphatic rings. The van der Waals surface area contributed by atoms with Gasteiger partial charge in [-0.05, 0) is 71.4 Å². The number of amides is 2. The normalized spacial score (nSPS) is 16.6. The van der Waals surface area contributed by atoms with Gasteiger partial charge in [-0.2, -0.15) is 0 Å². The summed E-state index contributed by atoms with van der Waals surface area (Å²) in [6.45, 7) is 0.322. The van der Waals surface area contributed by atoms with E-state index in [0.29, 0.717) is 31.5 Å². The molecule has 0 bridgehead atoms. The van der Waals surface area contributed by atoms with Gasteiger partial charge in [0, 0.05) is 37.3 Å². The smallest absolute Gasteiger partial charge is 0.274 e. The molecule has 9 heteroatoms. The lowest BCUT2D eigenvalue weighted by atomic mass is 9.92. The summed E-state index contributed by atoms with van der Waals surface area (Å²) in [5.41, 5.74) is 8.78. The van der Waals surface area contributed by atoms with E-state index in [1.54, 1.807) is 35.9 Å². The van der Waals surface area contributed by atoms with Crippen molar-refractivity contribution in [3.05, 3.63) is 93.0 Å². The van der Waals surface area contributed by atoms with Crippen molar-refractivity contribution < 1.29 is 14.0 Å². The molecule has 2 aromatic carbocycles. The average molecular weight is 514 g/mol. The SMILES string of the molecule is CNC(=O)[C@H]1CC2=C(Cc3ccc(F)cc32)CN1C(=O)c1ncsc1CCc1ccc2nccnc2c1. The zero-order chi connectivity index (χ0) is 25.5. The Morgan fingerprint density at radius 3 is 2.76 bits per heavy atom. The molecule has 6 rings (SSSR count). The van der Waals surface area contributed by atoms with Crippen molar-refractivity contribution in [1.29, 1.82) is 0 Å². The van der Waals surface area contributed by atoms with Crippen LogP contribution in [0.3, 0.4) is 0 Å². The molecule has 0 radical (unpaired) electrons. The zero-order valence-electron chi connectivity index (χ0n) is 20.2. The molecule has 186 valence electrons. The number of thiazole rings is 1. The summed E-state index contributed by atoms with van der Waals surface area (Å²) >= 11 is 1.45. The number of benzene rings is 2. The first-order valence-corrected chi connectivity index (χ1v) is 13.0. The molecular weight excluding hydrogens is 489 g/mol. The van der Waals surface area contributed by atoms with Gasteiger partial charge in [0.25, 0.3) is 5.91 Å². The second-order valence-corrected chi connectivity index (χ2v) is 10.3. The van der Waals surface area contributed by atoms with Crippen LogP contribution in [0.2, 0.25) is 0 Å². The van der Waals surface area contributed by atoms with Crippen molar-refractivity contribution in [2.45, 2.75) is 31.7 Å². The van der Waals surface area contributed by atoms with E-state index in [1.807, 2.05) is 18.2 Å². The molecule has 1 N–H and O–H groups in total. The number of hydrogen-bond donors (Lipinski definition) is 1. The Bertz CT molecular complexity index is 1580. The molecule has 4 aromatic rings. The number of likely N-dealkylation sites (N-methyl/N-ethyl adjacent to an activating group) is 1. The molecule has 2 aromatic heterocycles. The number of nitrogens with one attached hydrogen (secondary N) is 1. The number of aromatic nitrogens is 3. The fourth-order valence-corrected chi connectivity index (χ4v) is 6.09. The summed E-state index contributed by atoms with van der Waals surface area (Å²) in [6.07, 6.45) is 5.73. The van der Waals surface area contributed by atoms with Gasteiger partial charge in [-0.15, -0.1) is 11.3 Å². The predicted molar refractivity (Wildman–Crippen MR) is 140 cm³/mol. The minimum absolute atomic E-state index is 0.237. The highest BCUT2D eigenvalue weighted by Gasteiger charge is 2.39. The van der Waals surface area contributed by atoms with Crippen molar-refractivity contribution in [2.75, 3.05) is 13.6 Å². The van der Waals surface area contributed by atoms with Crippen LogP contribution in [0.15, 0.2) is 59.9 Å². The second kappa shape index (κ2) is 9.48. The van der Waals surface area contributed by atoms with Crippen molar-refractivity contribution in [3.63, 3.8) is 0 Å². The molecule has 2 amide bonds. The Morgan fingerprint density at radius 1 is 1.08 bits per heavy atom. The Morgan fingerprint density at radius 2 is 1.92 bits per heavy atom. The summed E-state index contributed by atoms with van der Waals surface area (Å²) in [5, 5.41) is 2.70. The van der Waals surface area contributed by atoms with Crippen LogP contribution in [-0.4, -0.2) is 51.3 Å². The summed E-state index contributed by atoms with van der Waals surface area (Å²) in [4.78, 5) is 42.3. The van der Waals surface area contributed by atoms with E-state index in [-0.39, 0.29) is 17.6 Å². The van der Waals surface area contributed by atoms with E-state index in [1.165, 1.54) is 23.5 Å². The molecule has 1 aliphatic carbocycles. The highest BCUT2D eigenvalue weighted by molar-refractivity contribution is 7.09. The third kappa shape index (κ3) is 4.29. The van der Waals surface area contributed by atoms with E-state index >= 15 is 0 Å². The summed E-state index contributed by atoms with van der Waals surface area (Å²) in [5.74, 6) is -0.783. The van der Waals surface area contributed by atoms with Crippen LogP contribution in [0.25, 0.3) is 16.6 Å². The van der Waals surface area contributed by atoms with Crippen LogP contribution in [0, 0.1) is 5.82 Å². The van der Waals surface area contributed by atoms with Gasteiger partial charge in [-0.1, -0.05) is 12.1 Å². The maximum Gasteiger partial charge on any atom is 0.274 e. The van der Waals surface area contributed by atoms with Crippen molar-refractivity contribution >= 4 is 39.8 Å². The number of nitrogens with zero attached hydrogens (tertiary/aromatic N) is 4. The Kier molecular flexibility index (Phi) is 6.00. The highest BCUT2D eigenvalue weighted by atomic mass is 32.1. The molecule has 0 saturated heterocycles. The zero-order valence-corrected chi connectivity index (χ0v) is 21.0. The average Bonchev–Trinajstić information content (AvgIpc) is 3.54. The lowest BCUT2D eigenvalue weighted by Gasteiger charge is -2.35. The number of rotatable bonds is 5. The monoisotopic (exact) mass is 513 g/mol. The molecule has 0 fully saturated rings. The number of hydrogen-bond acceptors (Lipinski definition) is 6. The van der Waals surface area contributed by atoms with Crippen LogP contribution in [0.4, 0.5) is 4.39 Å². The van der Waals surface area contributed by atoms with E-state index < -0.39 is 6.04 Å². The standard InChI is InChI=1S/C28H24FN5O2S/c1-30-27(35)24-13-21-18(11-17-4-5-19(29)12-20(17)21)14-34(24)28(36)26-25(37-15-33-26)7-3-16-2-6-22-23(10-16)32-9-8-31-22/h2,4-6,8-10,12,15,24H,3,7,11,13-14H2,1H3,(H,30,35)/t24-/m1/s1. The molecule has 3 heterocycles. The summed E-state index contributed by atoms with van der Waals surface area (Å²) in [7, 11) is 1.57. The molecule has 37 heavy (non-hydrogen) atoms. The minimum atomic E-state index is -0.681. The van der Waals surface area contributed by atoms with E-state index in [9.17, 15) is 14.0 Å². The van der Waals surface area contributed by atoms with Crippen LogP contribution in [-0.2, 0) is 24.1 Å². The molecule has 1 aliphatic heterocycles. The molecular formula is C28H24FN5O2S. The maximum absolute atomic E-state index is 14.0. The third-order valence-electron chi connectivity index (χ3n) is 7.19. The van der Waals surface area contributed by atoms with Crippen LogP contribution >= 0.6 is 11.3 Å². The summed E-state index contributed by atoms with van der Waals surface area (Å²) < 4.78 is 14.0. The number of fused-ring (bicyclic) bond motifs is 3. The van der Waals surface area contributed by atoms with Crippen LogP contribution < -0.4 is 5.32 Å². The summed E-state index contributed by atoms with van der Waals surface area (Å²) in [6, 6.07) is 10.1. The largest absolute Gasteiger partial charge is 0.357 e. The van der Waals surface area contributed by atoms with Gasteiger partial charge in [0.15, 0.2) is 0 Å². The number of halogens is 1. The van der Waals surface area contributed by atoms with Gasteiger partial charge in [0.2, 0.25) is 5.91 Å². The molecule has 0 saturated carbocycles. The lowest BCUT2D eigenvalue weighted by Crippen LogP contribution is -2.51. The van der Waals surface area contributed by atoms with Crippen molar-refractivity contribution in [3.8, 4) is 0 Å².